The predicted molar refractivity (Wildman–Crippen MR) is 136 cm³/mol. The van der Waals surface area contributed by atoms with Crippen LogP contribution in [-0.2, 0) is 25.7 Å². The molecule has 0 aliphatic heterocycles. The number of ether oxygens (including phenoxy) is 3. The molecule has 0 aliphatic rings. The smallest absolute Gasteiger partial charge is 0.380 e. The molecule has 0 spiro atoms. The van der Waals surface area contributed by atoms with E-state index in [0.717, 1.165) is 5.56 Å². The van der Waals surface area contributed by atoms with Crippen molar-refractivity contribution < 1.29 is 28.2 Å². The highest BCUT2D eigenvalue weighted by Crippen LogP contribution is 2.39. The van der Waals surface area contributed by atoms with E-state index in [9.17, 15) is 9.59 Å². The molecule has 2 rings (SSSR count). The molecule has 0 aromatic heterocycles. The summed E-state index contributed by atoms with van der Waals surface area (Å²) in [6, 6.07) is 15.3. The van der Waals surface area contributed by atoms with Gasteiger partial charge in [0.05, 0.1) is 6.61 Å². The summed E-state index contributed by atoms with van der Waals surface area (Å²) < 4.78 is 22.8. The fourth-order valence-electron chi connectivity index (χ4n) is 2.50. The highest BCUT2D eigenvalue weighted by atomic mass is 32.1. The molecule has 0 radical (unpaired) electrons. The van der Waals surface area contributed by atoms with Gasteiger partial charge >= 0.3 is 11.9 Å². The van der Waals surface area contributed by atoms with E-state index < -0.39 is 20.3 Å². The van der Waals surface area contributed by atoms with Gasteiger partial charge in [-0.1, -0.05) is 51.1 Å². The molecular weight excluding hydrogens is 456 g/mol. The third kappa shape index (κ3) is 8.05. The number of hydrogen-bond acceptors (Lipinski definition) is 6. The van der Waals surface area contributed by atoms with Gasteiger partial charge in [0.25, 0.3) is 0 Å². The van der Waals surface area contributed by atoms with Crippen LogP contribution in [0.4, 0.5) is 0 Å². The second kappa shape index (κ2) is 11.5. The maximum Gasteiger partial charge on any atom is 0.380 e. The molecule has 2 aromatic carbocycles. The van der Waals surface area contributed by atoms with Crippen LogP contribution in [0.3, 0.4) is 0 Å². The third-order valence-electron chi connectivity index (χ3n) is 5.26. The Bertz CT molecular complexity index is 996. The van der Waals surface area contributed by atoms with E-state index in [0.29, 0.717) is 34.4 Å². The molecular formula is C25H34O6SSi. The maximum atomic E-state index is 12.4. The molecule has 0 aliphatic carbocycles. The van der Waals surface area contributed by atoms with Crippen molar-refractivity contribution in [2.24, 2.45) is 0 Å². The van der Waals surface area contributed by atoms with Gasteiger partial charge in [0.15, 0.2) is 0 Å². The lowest BCUT2D eigenvalue weighted by atomic mass is 10.2. The largest absolute Gasteiger partial charge is 0.543 e. The maximum absolute atomic E-state index is 12.4. The predicted octanol–water partition coefficient (Wildman–Crippen LogP) is 5.73. The summed E-state index contributed by atoms with van der Waals surface area (Å²) in [5, 5.41) is -0.0915. The molecule has 0 saturated carbocycles. The van der Waals surface area contributed by atoms with Gasteiger partial charge < -0.3 is 18.6 Å². The van der Waals surface area contributed by atoms with Crippen LogP contribution in [0.2, 0.25) is 18.1 Å². The van der Waals surface area contributed by atoms with Crippen LogP contribution < -0.4 is 9.16 Å². The summed E-state index contributed by atoms with van der Waals surface area (Å²) in [7, 11) is -2.09. The molecule has 8 heteroatoms. The second-order valence-corrected chi connectivity index (χ2v) is 14.8. The Morgan fingerprint density at radius 2 is 1.70 bits per heavy atom. The molecule has 0 bridgehead atoms. The van der Waals surface area contributed by atoms with Crippen LogP contribution in [0.5, 0.6) is 11.5 Å². The van der Waals surface area contributed by atoms with Gasteiger partial charge in [-0.25, -0.2) is 4.79 Å². The number of carbonyl (C=O) groups is 2. The van der Waals surface area contributed by atoms with Crippen molar-refractivity contribution >= 4 is 36.7 Å². The zero-order chi connectivity index (χ0) is 24.6. The van der Waals surface area contributed by atoms with Gasteiger partial charge in [-0.2, -0.15) is 0 Å². The molecule has 180 valence electrons. The number of benzene rings is 2. The van der Waals surface area contributed by atoms with Crippen molar-refractivity contribution in [1.29, 1.82) is 0 Å². The molecule has 0 unspecified atom stereocenters. The van der Waals surface area contributed by atoms with Crippen molar-refractivity contribution in [2.45, 2.75) is 64.3 Å². The number of thiol groups is 1. The summed E-state index contributed by atoms with van der Waals surface area (Å²) in [5.41, 5.74) is 1.01. The Morgan fingerprint density at radius 1 is 1.03 bits per heavy atom. The number of hydrogen-bond donors (Lipinski definition) is 1. The molecule has 0 amide bonds. The van der Waals surface area contributed by atoms with E-state index in [4.69, 9.17) is 18.6 Å². The fraction of sp³-hybridized carbons (Fsp3) is 0.400. The number of rotatable bonds is 7. The highest BCUT2D eigenvalue weighted by molar-refractivity contribution is 7.99. The standard InChI is InChI=1S/C25H34O6SSi/c1-8-28-23(27)24(30-18(2)26)32-22-16-20(31-33(6,7)25(3,4)5)14-15-21(22)29-17-19-12-10-9-11-13-19/h9-16,32H,8,17H2,1-7H3. The summed E-state index contributed by atoms with van der Waals surface area (Å²) in [5.74, 6) is -0.0238. The first-order valence-corrected chi connectivity index (χ1v) is 14.7. The minimum absolute atomic E-state index is 0.0211. The van der Waals surface area contributed by atoms with Crippen LogP contribution in [0, 0.1) is 0 Å². The van der Waals surface area contributed by atoms with E-state index in [1.165, 1.54) is 6.92 Å². The van der Waals surface area contributed by atoms with Crippen LogP contribution in [-0.4, -0.2) is 31.9 Å². The molecule has 0 N–H and O–H groups in total. The lowest BCUT2D eigenvalue weighted by molar-refractivity contribution is -0.141. The van der Waals surface area contributed by atoms with E-state index in [-0.39, 0.29) is 16.7 Å². The minimum Gasteiger partial charge on any atom is -0.543 e. The minimum atomic E-state index is -2.09. The van der Waals surface area contributed by atoms with Crippen molar-refractivity contribution in [1.82, 2.24) is 0 Å². The van der Waals surface area contributed by atoms with Gasteiger partial charge in [0, 0.05) is 11.8 Å². The Kier molecular flexibility index (Phi) is 9.31. The van der Waals surface area contributed by atoms with Gasteiger partial charge in [0.2, 0.25) is 13.4 Å². The van der Waals surface area contributed by atoms with Crippen molar-refractivity contribution in [3.63, 3.8) is 0 Å². The highest BCUT2D eigenvalue weighted by Gasteiger charge is 2.39. The fourth-order valence-corrected chi connectivity index (χ4v) is 4.51. The van der Waals surface area contributed by atoms with Gasteiger partial charge in [-0.05, 0) is 48.8 Å². The van der Waals surface area contributed by atoms with Gasteiger partial charge in [-0.3, -0.25) is 4.79 Å². The molecule has 0 heterocycles. The van der Waals surface area contributed by atoms with E-state index in [2.05, 4.69) is 33.9 Å². The van der Waals surface area contributed by atoms with Gasteiger partial charge in [0.1, 0.15) is 18.1 Å². The summed E-state index contributed by atoms with van der Waals surface area (Å²) in [6.07, 6.45) is 0. The van der Waals surface area contributed by atoms with Crippen molar-refractivity contribution in [3.8, 4) is 11.5 Å². The Balaban J connectivity index is 2.47. The van der Waals surface area contributed by atoms with Crippen LogP contribution >= 0.6 is 11.4 Å². The lowest BCUT2D eigenvalue weighted by Gasteiger charge is -2.36. The first-order valence-electron chi connectivity index (χ1n) is 10.9. The Hall–Kier alpha value is -2.58. The average Bonchev–Trinajstić information content (AvgIpc) is 2.72. The molecule has 0 saturated heterocycles. The number of esters is 2. The van der Waals surface area contributed by atoms with Crippen molar-refractivity contribution in [2.75, 3.05) is 6.61 Å². The lowest BCUT2D eigenvalue weighted by Crippen LogP contribution is -2.43. The van der Waals surface area contributed by atoms with E-state index in [1.54, 1.807) is 6.92 Å². The molecule has 0 fully saturated rings. The zero-order valence-corrected chi connectivity index (χ0v) is 22.3. The first kappa shape index (κ1) is 26.7. The first-order chi connectivity index (χ1) is 15.4. The summed E-state index contributed by atoms with van der Waals surface area (Å²) in [4.78, 5) is 24.7. The van der Waals surface area contributed by atoms with Crippen LogP contribution in [0.25, 0.3) is 0 Å². The summed E-state index contributed by atoms with van der Waals surface area (Å²) >= 11 is 0.354. The van der Waals surface area contributed by atoms with Crippen LogP contribution in [0.1, 0.15) is 40.2 Å². The second-order valence-electron chi connectivity index (χ2n) is 9.00. The monoisotopic (exact) mass is 490 g/mol. The number of carbonyl (C=O) groups excluding carboxylic acids is 2. The topological polar surface area (TPSA) is 71.1 Å². The SMILES string of the molecule is CCOC(=O)/C(OC(C)=O)=[SH]/c1cc(O[Si](C)(C)C(C)(C)C)ccc1OCc1ccccc1. The quantitative estimate of drug-likeness (QED) is 0.231. The summed E-state index contributed by atoms with van der Waals surface area (Å²) in [6.45, 7) is 14.3. The van der Waals surface area contributed by atoms with Gasteiger partial charge in [-0.15, -0.1) is 11.4 Å². The van der Waals surface area contributed by atoms with E-state index in [1.807, 2.05) is 48.5 Å². The Labute approximate surface area is 201 Å². The third-order valence-corrected chi connectivity index (χ3v) is 10.7. The Morgan fingerprint density at radius 3 is 2.27 bits per heavy atom. The average molecular weight is 491 g/mol. The molecule has 6 nitrogen and oxygen atoms in total. The molecule has 33 heavy (non-hydrogen) atoms. The normalized spacial score (nSPS) is 12.4. The van der Waals surface area contributed by atoms with Crippen molar-refractivity contribution in [3.05, 3.63) is 54.1 Å². The van der Waals surface area contributed by atoms with Crippen LogP contribution in [0.15, 0.2) is 53.4 Å². The molecule has 0 atom stereocenters. The zero-order valence-electron chi connectivity index (χ0n) is 20.4. The molecule has 2 aromatic rings. The van der Waals surface area contributed by atoms with E-state index >= 15 is 0 Å².